The highest BCUT2D eigenvalue weighted by Crippen LogP contribution is 2.27. The zero-order chi connectivity index (χ0) is 7.97. The van der Waals surface area contributed by atoms with Crippen LogP contribution in [-0.2, 0) is 0 Å². The number of nitrogens with one attached hydrogen (secondary N) is 1. The van der Waals surface area contributed by atoms with Gasteiger partial charge in [0.1, 0.15) is 5.69 Å². The van der Waals surface area contributed by atoms with Crippen LogP contribution >= 0.6 is 0 Å². The van der Waals surface area contributed by atoms with Crippen LogP contribution in [0.3, 0.4) is 0 Å². The van der Waals surface area contributed by atoms with Crippen molar-refractivity contribution in [1.82, 2.24) is 15.5 Å². The minimum absolute atomic E-state index is 0.947. The molecule has 3 heteroatoms. The van der Waals surface area contributed by atoms with Crippen molar-refractivity contribution in [3.05, 3.63) is 41.4 Å². The SMILES string of the molecule is C1=CC2=Cc3c[nH]nc3C(=C1)[N]2. The largest absolute Gasteiger partial charge is 0.284 e. The molecule has 0 fully saturated rings. The van der Waals surface area contributed by atoms with Crippen LogP contribution in [0.4, 0.5) is 0 Å². The standard InChI is InChI=1S/C9H6N3/c1-2-7-4-6-5-10-12-9(6)8(3-1)11-7/h1-5H,(H,10,12). The number of allylic oxidation sites excluding steroid dienone is 3. The van der Waals surface area contributed by atoms with Gasteiger partial charge in [-0.25, -0.2) is 5.32 Å². The first-order chi connectivity index (χ1) is 5.93. The van der Waals surface area contributed by atoms with Gasteiger partial charge >= 0.3 is 0 Å². The maximum Gasteiger partial charge on any atom is 0.118 e. The van der Waals surface area contributed by atoms with Gasteiger partial charge in [0.2, 0.25) is 0 Å². The van der Waals surface area contributed by atoms with E-state index in [0.29, 0.717) is 0 Å². The second-order valence-electron chi connectivity index (χ2n) is 2.78. The van der Waals surface area contributed by atoms with Crippen molar-refractivity contribution in [1.29, 1.82) is 0 Å². The van der Waals surface area contributed by atoms with Crippen LogP contribution in [0.2, 0.25) is 0 Å². The zero-order valence-corrected chi connectivity index (χ0v) is 6.28. The van der Waals surface area contributed by atoms with Gasteiger partial charge < -0.3 is 0 Å². The lowest BCUT2D eigenvalue weighted by atomic mass is 10.0. The summed E-state index contributed by atoms with van der Waals surface area (Å²) in [5.41, 5.74) is 4.02. The average molecular weight is 156 g/mol. The number of aromatic nitrogens is 2. The molecule has 0 spiro atoms. The quantitative estimate of drug-likeness (QED) is 0.604. The Labute approximate surface area is 69.5 Å². The molecule has 1 aromatic rings. The monoisotopic (exact) mass is 156 g/mol. The molecule has 1 aromatic heterocycles. The fraction of sp³-hybridized carbons (Fsp3) is 0. The molecule has 12 heavy (non-hydrogen) atoms. The van der Waals surface area contributed by atoms with Gasteiger partial charge in [0.15, 0.2) is 0 Å². The van der Waals surface area contributed by atoms with E-state index < -0.39 is 0 Å². The van der Waals surface area contributed by atoms with E-state index in [2.05, 4.69) is 15.5 Å². The van der Waals surface area contributed by atoms with Crippen molar-refractivity contribution >= 4 is 11.8 Å². The van der Waals surface area contributed by atoms with Gasteiger partial charge in [0.25, 0.3) is 0 Å². The normalized spacial score (nSPS) is 17.7. The highest BCUT2D eigenvalue weighted by Gasteiger charge is 2.18. The molecule has 1 radical (unpaired) electrons. The Morgan fingerprint density at radius 3 is 3.33 bits per heavy atom. The lowest BCUT2D eigenvalue weighted by Crippen LogP contribution is -2.10. The van der Waals surface area contributed by atoms with E-state index in [1.165, 1.54) is 0 Å². The van der Waals surface area contributed by atoms with E-state index >= 15 is 0 Å². The van der Waals surface area contributed by atoms with Gasteiger partial charge in [-0.2, -0.15) is 5.10 Å². The van der Waals surface area contributed by atoms with Gasteiger partial charge in [-0.05, 0) is 18.2 Å². The fourth-order valence-electron chi connectivity index (χ4n) is 1.44. The van der Waals surface area contributed by atoms with Gasteiger partial charge in [-0.1, -0.05) is 6.08 Å². The molecule has 0 saturated carbocycles. The van der Waals surface area contributed by atoms with Gasteiger partial charge in [0.05, 0.1) is 11.4 Å². The number of hydrogen-bond donors (Lipinski definition) is 1. The third kappa shape index (κ3) is 0.625. The summed E-state index contributed by atoms with van der Waals surface area (Å²) in [7, 11) is 0. The van der Waals surface area contributed by atoms with Crippen molar-refractivity contribution < 1.29 is 0 Å². The Bertz CT molecular complexity index is 421. The summed E-state index contributed by atoms with van der Waals surface area (Å²) >= 11 is 0. The molecular formula is C9H6N3. The molecule has 3 heterocycles. The molecule has 0 unspecified atom stereocenters. The lowest BCUT2D eigenvalue weighted by Gasteiger charge is -2.15. The molecule has 0 amide bonds. The molecule has 1 N–H and O–H groups in total. The summed E-state index contributed by atoms with van der Waals surface area (Å²) in [5, 5.41) is 11.3. The highest BCUT2D eigenvalue weighted by atomic mass is 15.1. The Balaban J connectivity index is 2.34. The molecule has 0 saturated heterocycles. The predicted octanol–water partition coefficient (Wildman–Crippen LogP) is 1.28. The number of rotatable bonds is 0. The zero-order valence-electron chi connectivity index (χ0n) is 6.28. The van der Waals surface area contributed by atoms with E-state index in [4.69, 9.17) is 0 Å². The Kier molecular flexibility index (Phi) is 0.913. The van der Waals surface area contributed by atoms with Crippen molar-refractivity contribution in [3.63, 3.8) is 0 Å². The van der Waals surface area contributed by atoms with Crippen LogP contribution in [0.25, 0.3) is 11.8 Å². The average Bonchev–Trinajstić information content (AvgIpc) is 2.53. The number of aromatic amines is 1. The number of nitrogens with zero attached hydrogens (tertiary/aromatic N) is 2. The molecule has 2 aliphatic rings. The van der Waals surface area contributed by atoms with Gasteiger partial charge in [0, 0.05) is 11.8 Å². The molecule has 2 bridgehead atoms. The van der Waals surface area contributed by atoms with Gasteiger partial charge in [-0.3, -0.25) is 5.10 Å². The van der Waals surface area contributed by atoms with Crippen molar-refractivity contribution in [2.45, 2.75) is 0 Å². The van der Waals surface area contributed by atoms with E-state index in [0.717, 1.165) is 22.7 Å². The number of fused-ring (bicyclic) bond motifs is 4. The molecule has 0 aliphatic carbocycles. The summed E-state index contributed by atoms with van der Waals surface area (Å²) < 4.78 is 0. The van der Waals surface area contributed by atoms with Crippen molar-refractivity contribution in [2.24, 2.45) is 0 Å². The molecule has 0 atom stereocenters. The van der Waals surface area contributed by atoms with Crippen LogP contribution in [0, 0.1) is 0 Å². The maximum absolute atomic E-state index is 4.35. The van der Waals surface area contributed by atoms with E-state index in [1.54, 1.807) is 0 Å². The second-order valence-corrected chi connectivity index (χ2v) is 2.78. The van der Waals surface area contributed by atoms with Crippen LogP contribution in [-0.4, -0.2) is 10.2 Å². The molecule has 2 aliphatic heterocycles. The predicted molar refractivity (Wildman–Crippen MR) is 45.8 cm³/mol. The number of H-pyrrole nitrogens is 1. The third-order valence-electron chi connectivity index (χ3n) is 1.99. The minimum Gasteiger partial charge on any atom is -0.284 e. The summed E-state index contributed by atoms with van der Waals surface area (Å²) in [5.74, 6) is 0. The van der Waals surface area contributed by atoms with Crippen LogP contribution in [0.15, 0.2) is 30.1 Å². The Hall–Kier alpha value is -1.77. The van der Waals surface area contributed by atoms with E-state index in [1.807, 2.05) is 30.5 Å². The molecule has 3 rings (SSSR count). The topological polar surface area (TPSA) is 42.8 Å². The summed E-state index contributed by atoms with van der Waals surface area (Å²) in [6, 6.07) is 0. The summed E-state index contributed by atoms with van der Waals surface area (Å²) in [6.07, 6.45) is 9.85. The summed E-state index contributed by atoms with van der Waals surface area (Å²) in [6.45, 7) is 0. The first kappa shape index (κ1) is 5.83. The fourth-order valence-corrected chi connectivity index (χ4v) is 1.44. The molecule has 0 aromatic carbocycles. The smallest absolute Gasteiger partial charge is 0.118 e. The van der Waals surface area contributed by atoms with Crippen LogP contribution in [0.1, 0.15) is 11.3 Å². The third-order valence-corrected chi connectivity index (χ3v) is 1.99. The summed E-state index contributed by atoms with van der Waals surface area (Å²) in [4.78, 5) is 0. The molecule has 3 nitrogen and oxygen atoms in total. The first-order valence-corrected chi connectivity index (χ1v) is 3.79. The Morgan fingerprint density at radius 1 is 1.33 bits per heavy atom. The molecule has 57 valence electrons. The van der Waals surface area contributed by atoms with Crippen molar-refractivity contribution in [2.75, 3.05) is 0 Å². The second kappa shape index (κ2) is 1.88. The van der Waals surface area contributed by atoms with Crippen LogP contribution in [0.5, 0.6) is 0 Å². The van der Waals surface area contributed by atoms with Crippen molar-refractivity contribution in [3.8, 4) is 0 Å². The Morgan fingerprint density at radius 2 is 2.33 bits per heavy atom. The highest BCUT2D eigenvalue weighted by molar-refractivity contribution is 5.80. The van der Waals surface area contributed by atoms with E-state index in [-0.39, 0.29) is 0 Å². The van der Waals surface area contributed by atoms with Gasteiger partial charge in [-0.15, -0.1) is 0 Å². The lowest BCUT2D eigenvalue weighted by molar-refractivity contribution is 1.02. The van der Waals surface area contributed by atoms with Crippen LogP contribution < -0.4 is 5.32 Å². The number of hydrogen-bond acceptors (Lipinski definition) is 1. The maximum atomic E-state index is 4.35. The minimum atomic E-state index is 0.947. The first-order valence-electron chi connectivity index (χ1n) is 3.79. The van der Waals surface area contributed by atoms with E-state index in [9.17, 15) is 0 Å². The molecular weight excluding hydrogens is 150 g/mol.